The van der Waals surface area contributed by atoms with Crippen molar-refractivity contribution in [3.63, 3.8) is 0 Å². The van der Waals surface area contributed by atoms with Gasteiger partial charge in [-0.2, -0.15) is 0 Å². The lowest BCUT2D eigenvalue weighted by Crippen LogP contribution is -2.69. The zero-order chi connectivity index (χ0) is 30.2. The highest BCUT2D eigenvalue weighted by atomic mass is 16.5. The van der Waals surface area contributed by atoms with E-state index in [2.05, 4.69) is 48.3 Å². The molecule has 2 heterocycles. The van der Waals surface area contributed by atoms with Crippen molar-refractivity contribution >= 4 is 23.0 Å². The third-order valence-corrected chi connectivity index (χ3v) is 7.43. The number of ether oxygens (including phenoxy) is 2. The van der Waals surface area contributed by atoms with E-state index in [0.29, 0.717) is 11.1 Å². The maximum atomic E-state index is 12.6. The number of benzene rings is 2. The number of aliphatic hydroxyl groups is 2. The molecule has 2 fully saturated rings. The lowest BCUT2D eigenvalue weighted by molar-refractivity contribution is -0.176. The second kappa shape index (κ2) is 13.8. The average Bonchev–Trinajstić information content (AvgIpc) is 3.01. The molecule has 2 amide bonds. The second-order valence-corrected chi connectivity index (χ2v) is 9.63. The molecule has 214 valence electrons. The van der Waals surface area contributed by atoms with Crippen LogP contribution in [0.15, 0.2) is 85.3 Å². The van der Waals surface area contributed by atoms with Gasteiger partial charge in [0, 0.05) is 25.4 Å². The molecule has 8 heteroatoms. The number of β-lactam (4-membered cyclic amide) rings is 2. The summed E-state index contributed by atoms with van der Waals surface area (Å²) in [4.78, 5) is 28.1. The molecule has 2 N–H and O–H groups in total. The fourth-order valence-corrected chi connectivity index (χ4v) is 5.26. The Morgan fingerprint density at radius 3 is 1.40 bits per heavy atom. The van der Waals surface area contributed by atoms with Gasteiger partial charge in [-0.15, -0.1) is 11.5 Å². The summed E-state index contributed by atoms with van der Waals surface area (Å²) in [6.45, 7) is 7.46. The molecule has 0 saturated carbocycles. The fraction of sp³-hybridized carbons (Fsp3) is 0.294. The molecular formula is C34H32N2O6. The van der Waals surface area contributed by atoms with Gasteiger partial charge < -0.3 is 29.5 Å². The van der Waals surface area contributed by atoms with Crippen LogP contribution in [0.25, 0.3) is 11.1 Å². The number of rotatable bonds is 10. The lowest BCUT2D eigenvalue weighted by atomic mass is 9.86. The Hall–Kier alpha value is -4.62. The van der Waals surface area contributed by atoms with E-state index in [4.69, 9.17) is 9.47 Å². The number of hydrogen-bond acceptors (Lipinski definition) is 6. The maximum absolute atomic E-state index is 12.6. The van der Waals surface area contributed by atoms with Crippen molar-refractivity contribution in [2.75, 3.05) is 27.3 Å². The van der Waals surface area contributed by atoms with Crippen molar-refractivity contribution in [1.82, 2.24) is 9.80 Å². The zero-order valence-corrected chi connectivity index (χ0v) is 23.5. The van der Waals surface area contributed by atoms with Gasteiger partial charge in [0.05, 0.1) is 25.2 Å². The normalized spacial score (nSPS) is 22.1. The Morgan fingerprint density at radius 1 is 0.738 bits per heavy atom. The first-order chi connectivity index (χ1) is 20.4. The SMILES string of the molecule is C=C=C(c1ccccc1)[C@@H](O)[C@H]1[C@@H](OC)C(=O)N1CC#CC#CCN1C(=O)[C@H](OC)[C@@H]1[C@H](O)C(=C=C)c1ccccc1. The molecular weight excluding hydrogens is 532 g/mol. The molecule has 0 radical (unpaired) electrons. The van der Waals surface area contributed by atoms with Crippen LogP contribution in [0.4, 0.5) is 0 Å². The van der Waals surface area contributed by atoms with Crippen molar-refractivity contribution in [2.45, 2.75) is 36.5 Å². The van der Waals surface area contributed by atoms with Crippen molar-refractivity contribution in [2.24, 2.45) is 0 Å². The van der Waals surface area contributed by atoms with Gasteiger partial charge in [0.25, 0.3) is 11.8 Å². The van der Waals surface area contributed by atoms with E-state index in [1.165, 1.54) is 24.0 Å². The minimum absolute atomic E-state index is 0.0224. The highest BCUT2D eigenvalue weighted by Gasteiger charge is 2.53. The highest BCUT2D eigenvalue weighted by Crippen LogP contribution is 2.32. The van der Waals surface area contributed by atoms with Gasteiger partial charge in [0.2, 0.25) is 0 Å². The number of aliphatic hydroxyl groups excluding tert-OH is 2. The van der Waals surface area contributed by atoms with Gasteiger partial charge in [-0.25, -0.2) is 0 Å². The van der Waals surface area contributed by atoms with Crippen LogP contribution in [0.3, 0.4) is 0 Å². The summed E-state index contributed by atoms with van der Waals surface area (Å²) in [5.74, 6) is 10.5. The third-order valence-electron chi connectivity index (χ3n) is 7.43. The van der Waals surface area contributed by atoms with Gasteiger partial charge in [0.15, 0.2) is 12.2 Å². The average molecular weight is 565 g/mol. The molecule has 2 aromatic rings. The molecule has 42 heavy (non-hydrogen) atoms. The first-order valence-corrected chi connectivity index (χ1v) is 13.3. The largest absolute Gasteiger partial charge is 0.385 e. The van der Waals surface area contributed by atoms with E-state index in [-0.39, 0.29) is 24.9 Å². The van der Waals surface area contributed by atoms with Crippen LogP contribution in [0, 0.1) is 23.7 Å². The second-order valence-electron chi connectivity index (χ2n) is 9.63. The summed E-state index contributed by atoms with van der Waals surface area (Å²) in [7, 11) is 2.83. The summed E-state index contributed by atoms with van der Waals surface area (Å²) in [6.07, 6.45) is -3.81. The zero-order valence-electron chi connectivity index (χ0n) is 23.5. The molecule has 0 bridgehead atoms. The summed E-state index contributed by atoms with van der Waals surface area (Å²) in [5, 5.41) is 22.2. The Morgan fingerprint density at radius 2 is 1.10 bits per heavy atom. The van der Waals surface area contributed by atoms with E-state index in [9.17, 15) is 19.8 Å². The first kappa shape index (κ1) is 30.3. The van der Waals surface area contributed by atoms with Crippen LogP contribution < -0.4 is 0 Å². The molecule has 6 atom stereocenters. The number of carbonyl (C=O) groups is 2. The Bertz CT molecular complexity index is 1420. The van der Waals surface area contributed by atoms with E-state index in [0.717, 1.165) is 11.1 Å². The van der Waals surface area contributed by atoms with E-state index >= 15 is 0 Å². The van der Waals surface area contributed by atoms with Crippen LogP contribution in [0.5, 0.6) is 0 Å². The number of likely N-dealkylation sites (tertiary alicyclic amines) is 2. The number of hydrogen-bond donors (Lipinski definition) is 2. The van der Waals surface area contributed by atoms with E-state index in [1.807, 2.05) is 60.7 Å². The van der Waals surface area contributed by atoms with Crippen LogP contribution in [0.1, 0.15) is 11.1 Å². The van der Waals surface area contributed by atoms with Crippen LogP contribution in [0.2, 0.25) is 0 Å². The Kier molecular flexibility index (Phi) is 9.99. The number of amides is 2. The molecule has 2 aliphatic heterocycles. The van der Waals surface area contributed by atoms with Gasteiger partial charge in [-0.1, -0.05) is 85.7 Å². The topological polar surface area (TPSA) is 99.5 Å². The summed E-state index contributed by atoms with van der Waals surface area (Å²) in [6, 6.07) is 17.1. The monoisotopic (exact) mass is 564 g/mol. The Balaban J connectivity index is 1.41. The minimum Gasteiger partial charge on any atom is -0.385 e. The molecule has 0 spiro atoms. The molecule has 0 unspecified atom stereocenters. The summed E-state index contributed by atoms with van der Waals surface area (Å²) >= 11 is 0. The number of methoxy groups -OCH3 is 2. The molecule has 0 aliphatic carbocycles. The molecule has 4 rings (SSSR count). The molecule has 0 aromatic heterocycles. The molecule has 2 saturated heterocycles. The van der Waals surface area contributed by atoms with Gasteiger partial charge in [-0.3, -0.25) is 9.59 Å². The highest BCUT2D eigenvalue weighted by molar-refractivity contribution is 5.91. The fourth-order valence-electron chi connectivity index (χ4n) is 5.26. The smallest absolute Gasteiger partial charge is 0.255 e. The lowest BCUT2D eigenvalue weighted by Gasteiger charge is -2.47. The van der Waals surface area contributed by atoms with Crippen LogP contribution in [-0.4, -0.2) is 95.6 Å². The third kappa shape index (κ3) is 5.87. The first-order valence-electron chi connectivity index (χ1n) is 13.3. The molecule has 2 aromatic carbocycles. The van der Waals surface area contributed by atoms with Gasteiger partial charge >= 0.3 is 0 Å². The van der Waals surface area contributed by atoms with E-state index < -0.39 is 36.5 Å². The van der Waals surface area contributed by atoms with Gasteiger partial charge in [0.1, 0.15) is 12.2 Å². The summed E-state index contributed by atoms with van der Waals surface area (Å²) in [5.41, 5.74) is 7.98. The standard InChI is InChI=1S/C34H32N2O6/c1-5-25(23-17-11-9-12-18-23)29(37)27-31(41-3)33(39)35(27)21-15-7-8-16-22-36-28(32(42-4)34(36)40)30(38)26(6-2)24-19-13-10-14-20-24/h9-14,17-20,27-32,37-38H,1-2,21-22H2,3-4H3/t27-,28-,29+,30+,31+,32+/m0/s1. The Labute approximate surface area is 245 Å². The predicted octanol–water partition coefficient (Wildman–Crippen LogP) is 1.90. The van der Waals surface area contributed by atoms with Crippen molar-refractivity contribution < 1.29 is 29.3 Å². The summed E-state index contributed by atoms with van der Waals surface area (Å²) < 4.78 is 10.7. The predicted molar refractivity (Wildman–Crippen MR) is 158 cm³/mol. The quantitative estimate of drug-likeness (QED) is 0.260. The number of carbonyl (C=O) groups excluding carboxylic acids is 2. The molecule has 8 nitrogen and oxygen atoms in total. The van der Waals surface area contributed by atoms with Crippen molar-refractivity contribution in [3.05, 3.63) is 96.4 Å². The van der Waals surface area contributed by atoms with Crippen LogP contribution >= 0.6 is 0 Å². The van der Waals surface area contributed by atoms with Crippen molar-refractivity contribution in [3.8, 4) is 23.7 Å². The maximum Gasteiger partial charge on any atom is 0.255 e. The van der Waals surface area contributed by atoms with E-state index in [1.54, 1.807) is 0 Å². The molecule has 2 aliphatic rings. The van der Waals surface area contributed by atoms with Crippen LogP contribution in [-0.2, 0) is 19.1 Å². The number of nitrogens with zero attached hydrogens (tertiary/aromatic N) is 2. The minimum atomic E-state index is -1.08. The van der Waals surface area contributed by atoms with Gasteiger partial charge in [-0.05, 0) is 23.0 Å². The van der Waals surface area contributed by atoms with Crippen molar-refractivity contribution in [1.29, 1.82) is 0 Å².